The van der Waals surface area contributed by atoms with Crippen LogP contribution in [-0.2, 0) is 0 Å². The van der Waals surface area contributed by atoms with Gasteiger partial charge in [0.15, 0.2) is 0 Å². The quantitative estimate of drug-likeness (QED) is 0.663. The third-order valence-electron chi connectivity index (χ3n) is 2.77. The molecule has 0 aliphatic heterocycles. The molecule has 0 amide bonds. The molecule has 1 heterocycles. The van der Waals surface area contributed by atoms with Crippen molar-refractivity contribution in [1.29, 1.82) is 0 Å². The van der Waals surface area contributed by atoms with Crippen LogP contribution < -0.4 is 5.73 Å². The summed E-state index contributed by atoms with van der Waals surface area (Å²) in [6.45, 7) is 2.02. The second kappa shape index (κ2) is 4.26. The highest BCUT2D eigenvalue weighted by atomic mass is 35.5. The van der Waals surface area contributed by atoms with Crippen LogP contribution in [0.2, 0.25) is 5.02 Å². The van der Waals surface area contributed by atoms with Gasteiger partial charge in [-0.15, -0.1) is 11.3 Å². The van der Waals surface area contributed by atoms with Crippen molar-refractivity contribution in [2.45, 2.75) is 6.92 Å². The molecule has 0 spiro atoms. The van der Waals surface area contributed by atoms with Gasteiger partial charge in [0, 0.05) is 11.3 Å². The molecule has 0 radical (unpaired) electrons. The number of anilines is 1. The highest BCUT2D eigenvalue weighted by Crippen LogP contribution is 2.35. The molecule has 3 rings (SSSR count). The van der Waals surface area contributed by atoms with Crippen LogP contribution in [0.5, 0.6) is 0 Å². The zero-order valence-electron chi connectivity index (χ0n) is 9.77. The molecule has 0 aliphatic carbocycles. The summed E-state index contributed by atoms with van der Waals surface area (Å²) in [4.78, 5) is 4.59. The van der Waals surface area contributed by atoms with Gasteiger partial charge in [-0.1, -0.05) is 23.7 Å². The van der Waals surface area contributed by atoms with Crippen LogP contribution in [0.3, 0.4) is 0 Å². The van der Waals surface area contributed by atoms with Gasteiger partial charge in [-0.2, -0.15) is 0 Å². The number of rotatable bonds is 1. The summed E-state index contributed by atoms with van der Waals surface area (Å²) in [6.07, 6.45) is 0. The summed E-state index contributed by atoms with van der Waals surface area (Å²) in [5.41, 5.74) is 9.61. The zero-order chi connectivity index (χ0) is 12.7. The lowest BCUT2D eigenvalue weighted by atomic mass is 10.1. The molecule has 0 fully saturated rings. The smallest absolute Gasteiger partial charge is 0.126 e. The first-order chi connectivity index (χ1) is 8.63. The highest BCUT2D eigenvalue weighted by molar-refractivity contribution is 7.21. The molecule has 0 atom stereocenters. The first kappa shape index (κ1) is 11.5. The summed E-state index contributed by atoms with van der Waals surface area (Å²) in [6, 6.07) is 11.8. The number of nitrogens with zero attached hydrogens (tertiary/aromatic N) is 1. The maximum atomic E-state index is 6.26. The molecule has 1 aromatic heterocycles. The molecule has 3 aromatic rings. The molecule has 0 bridgehead atoms. The Bertz CT molecular complexity index is 734. The molecular formula is C14H11ClN2S. The van der Waals surface area contributed by atoms with Crippen molar-refractivity contribution < 1.29 is 0 Å². The van der Waals surface area contributed by atoms with Gasteiger partial charge in [0.2, 0.25) is 0 Å². The minimum absolute atomic E-state index is 0.738. The Morgan fingerprint density at radius 3 is 2.78 bits per heavy atom. The number of aromatic nitrogens is 1. The Labute approximate surface area is 114 Å². The van der Waals surface area contributed by atoms with E-state index >= 15 is 0 Å². The monoisotopic (exact) mass is 274 g/mol. The number of nitrogens with two attached hydrogens (primary N) is 1. The lowest BCUT2D eigenvalue weighted by molar-refractivity contribution is 1.44. The fourth-order valence-corrected chi connectivity index (χ4v) is 3.28. The Hall–Kier alpha value is -1.58. The fraction of sp³-hybridized carbons (Fsp3) is 0.0714. The summed E-state index contributed by atoms with van der Waals surface area (Å²) in [7, 11) is 0. The highest BCUT2D eigenvalue weighted by Gasteiger charge is 2.09. The van der Waals surface area contributed by atoms with E-state index in [-0.39, 0.29) is 0 Å². The van der Waals surface area contributed by atoms with E-state index < -0.39 is 0 Å². The lowest BCUT2D eigenvalue weighted by Gasteiger charge is -2.00. The van der Waals surface area contributed by atoms with Gasteiger partial charge in [-0.05, 0) is 36.8 Å². The average Bonchev–Trinajstić information content (AvgIpc) is 2.71. The number of nitrogen functional groups attached to an aromatic ring is 1. The van der Waals surface area contributed by atoms with Crippen molar-refractivity contribution in [3.63, 3.8) is 0 Å². The van der Waals surface area contributed by atoms with E-state index in [1.165, 1.54) is 0 Å². The Kier molecular flexibility index (Phi) is 2.73. The van der Waals surface area contributed by atoms with E-state index in [1.807, 2.05) is 43.3 Å². The molecular weight excluding hydrogens is 264 g/mol. The first-order valence-electron chi connectivity index (χ1n) is 5.56. The van der Waals surface area contributed by atoms with Crippen molar-refractivity contribution in [3.8, 4) is 10.6 Å². The van der Waals surface area contributed by atoms with Gasteiger partial charge >= 0.3 is 0 Å². The normalized spacial score (nSPS) is 11.0. The third-order valence-corrected chi connectivity index (χ3v) is 4.13. The third kappa shape index (κ3) is 1.96. The molecule has 0 aliphatic rings. The van der Waals surface area contributed by atoms with E-state index in [0.29, 0.717) is 0 Å². The summed E-state index contributed by atoms with van der Waals surface area (Å²) in [5, 5.41) is 1.67. The minimum atomic E-state index is 0.738. The standard InChI is InChI=1S/C14H11ClN2S/c1-8-2-4-10(11(15)6-8)14-17-12-5-3-9(16)7-13(12)18-14/h2-7H,16H2,1H3. The number of hydrogen-bond acceptors (Lipinski definition) is 3. The number of aryl methyl sites for hydroxylation is 1. The van der Waals surface area contributed by atoms with Gasteiger partial charge < -0.3 is 5.73 Å². The predicted molar refractivity (Wildman–Crippen MR) is 79.2 cm³/mol. The van der Waals surface area contributed by atoms with Crippen LogP contribution in [-0.4, -0.2) is 4.98 Å². The molecule has 18 heavy (non-hydrogen) atoms. The van der Waals surface area contributed by atoms with Gasteiger partial charge in [-0.3, -0.25) is 0 Å². The Morgan fingerprint density at radius 1 is 1.17 bits per heavy atom. The molecule has 90 valence electrons. The fourth-order valence-electron chi connectivity index (χ4n) is 1.85. The predicted octanol–water partition coefficient (Wildman–Crippen LogP) is 4.51. The number of halogens is 1. The second-order valence-electron chi connectivity index (χ2n) is 4.23. The van der Waals surface area contributed by atoms with Gasteiger partial charge in [-0.25, -0.2) is 4.98 Å². The number of fused-ring (bicyclic) bond motifs is 1. The molecule has 2 nitrogen and oxygen atoms in total. The Morgan fingerprint density at radius 2 is 2.00 bits per heavy atom. The molecule has 0 unspecified atom stereocenters. The van der Waals surface area contributed by atoms with E-state index in [1.54, 1.807) is 11.3 Å². The van der Waals surface area contributed by atoms with Crippen LogP contribution in [0.15, 0.2) is 36.4 Å². The maximum Gasteiger partial charge on any atom is 0.126 e. The van der Waals surface area contributed by atoms with Crippen molar-refractivity contribution in [2.24, 2.45) is 0 Å². The first-order valence-corrected chi connectivity index (χ1v) is 6.75. The number of benzene rings is 2. The average molecular weight is 275 g/mol. The van der Waals surface area contributed by atoms with Crippen LogP contribution in [0.4, 0.5) is 5.69 Å². The van der Waals surface area contributed by atoms with Crippen molar-refractivity contribution in [2.75, 3.05) is 5.73 Å². The molecule has 0 saturated carbocycles. The van der Waals surface area contributed by atoms with Crippen molar-refractivity contribution in [1.82, 2.24) is 4.98 Å². The van der Waals surface area contributed by atoms with E-state index in [2.05, 4.69) is 4.98 Å². The van der Waals surface area contributed by atoms with Gasteiger partial charge in [0.05, 0.1) is 15.2 Å². The van der Waals surface area contributed by atoms with Crippen LogP contribution in [0.25, 0.3) is 20.8 Å². The topological polar surface area (TPSA) is 38.9 Å². The lowest BCUT2D eigenvalue weighted by Crippen LogP contribution is -1.81. The van der Waals surface area contributed by atoms with E-state index in [4.69, 9.17) is 17.3 Å². The molecule has 2 N–H and O–H groups in total. The largest absolute Gasteiger partial charge is 0.399 e. The van der Waals surface area contributed by atoms with Crippen LogP contribution in [0.1, 0.15) is 5.56 Å². The van der Waals surface area contributed by atoms with Crippen LogP contribution >= 0.6 is 22.9 Å². The SMILES string of the molecule is Cc1ccc(-c2nc3ccc(N)cc3s2)c(Cl)c1. The number of thiazole rings is 1. The number of hydrogen-bond donors (Lipinski definition) is 1. The van der Waals surface area contributed by atoms with E-state index in [0.717, 1.165) is 37.1 Å². The van der Waals surface area contributed by atoms with Gasteiger partial charge in [0.25, 0.3) is 0 Å². The van der Waals surface area contributed by atoms with Crippen molar-refractivity contribution in [3.05, 3.63) is 47.0 Å². The molecule has 4 heteroatoms. The minimum Gasteiger partial charge on any atom is -0.399 e. The summed E-state index contributed by atoms with van der Waals surface area (Å²) in [5.74, 6) is 0. The van der Waals surface area contributed by atoms with Crippen molar-refractivity contribution >= 4 is 38.8 Å². The molecule has 0 saturated heterocycles. The second-order valence-corrected chi connectivity index (χ2v) is 5.67. The summed E-state index contributed by atoms with van der Waals surface area (Å²) >= 11 is 7.87. The maximum absolute atomic E-state index is 6.26. The molecule has 2 aromatic carbocycles. The van der Waals surface area contributed by atoms with Gasteiger partial charge in [0.1, 0.15) is 5.01 Å². The van der Waals surface area contributed by atoms with E-state index in [9.17, 15) is 0 Å². The zero-order valence-corrected chi connectivity index (χ0v) is 11.3. The summed E-state index contributed by atoms with van der Waals surface area (Å²) < 4.78 is 1.08. The van der Waals surface area contributed by atoms with Crippen LogP contribution in [0, 0.1) is 6.92 Å². The Balaban J connectivity index is 2.19.